The number of carbonyl (C=O) groups is 1. The van der Waals surface area contributed by atoms with E-state index in [-0.39, 0.29) is 12.5 Å². The zero-order valence-electron chi connectivity index (χ0n) is 11.6. The third-order valence-corrected chi connectivity index (χ3v) is 2.96. The second-order valence-corrected chi connectivity index (χ2v) is 4.84. The summed E-state index contributed by atoms with van der Waals surface area (Å²) in [6.07, 6.45) is 13.4. The Bertz CT molecular complexity index is 224. The van der Waals surface area contributed by atoms with Gasteiger partial charge in [0, 0.05) is 6.42 Å². The molecule has 0 saturated carbocycles. The number of carboxylic acid groups (broad SMARTS) is 1. The summed E-state index contributed by atoms with van der Waals surface area (Å²) in [4.78, 5) is 10.3. The van der Waals surface area contributed by atoms with Gasteiger partial charge in [0.2, 0.25) is 0 Å². The molecule has 106 valence electrons. The van der Waals surface area contributed by atoms with Gasteiger partial charge in [0.1, 0.15) is 0 Å². The smallest absolute Gasteiger partial charge is 0.303 e. The minimum Gasteiger partial charge on any atom is -0.481 e. The minimum atomic E-state index is -0.704. The summed E-state index contributed by atoms with van der Waals surface area (Å²) in [5.41, 5.74) is 0. The standard InChI is InChI=1S/C15H28O3/c1-2-11-14(16)12-9-7-5-3-4-6-8-10-13-15(17)18/h3-4,14,16H,2,5-13H2,1H3,(H,17,18). The molecule has 0 rings (SSSR count). The van der Waals surface area contributed by atoms with Gasteiger partial charge in [-0.3, -0.25) is 4.79 Å². The molecule has 0 aliphatic carbocycles. The van der Waals surface area contributed by atoms with Gasteiger partial charge in [-0.1, -0.05) is 31.9 Å². The van der Waals surface area contributed by atoms with Gasteiger partial charge in [-0.25, -0.2) is 0 Å². The number of unbranched alkanes of at least 4 members (excludes halogenated alkanes) is 4. The lowest BCUT2D eigenvalue weighted by Crippen LogP contribution is -2.04. The Morgan fingerprint density at radius 2 is 1.67 bits per heavy atom. The molecule has 18 heavy (non-hydrogen) atoms. The summed E-state index contributed by atoms with van der Waals surface area (Å²) in [6.45, 7) is 2.09. The fourth-order valence-corrected chi connectivity index (χ4v) is 1.89. The lowest BCUT2D eigenvalue weighted by Gasteiger charge is -2.07. The average molecular weight is 256 g/mol. The van der Waals surface area contributed by atoms with E-state index in [0.29, 0.717) is 0 Å². The molecule has 0 spiro atoms. The predicted molar refractivity (Wildman–Crippen MR) is 74.6 cm³/mol. The molecule has 0 aliphatic rings. The van der Waals surface area contributed by atoms with E-state index in [1.165, 1.54) is 0 Å². The first-order chi connectivity index (χ1) is 8.66. The predicted octanol–water partition coefficient (Wildman–Crippen LogP) is 3.91. The van der Waals surface area contributed by atoms with Crippen molar-refractivity contribution in [1.82, 2.24) is 0 Å². The Morgan fingerprint density at radius 1 is 1.06 bits per heavy atom. The van der Waals surface area contributed by atoms with E-state index in [9.17, 15) is 9.90 Å². The van der Waals surface area contributed by atoms with Crippen LogP contribution in [0.1, 0.15) is 71.1 Å². The highest BCUT2D eigenvalue weighted by Gasteiger charge is 2.00. The van der Waals surface area contributed by atoms with E-state index < -0.39 is 5.97 Å². The van der Waals surface area contributed by atoms with Gasteiger partial charge in [0.25, 0.3) is 0 Å². The SMILES string of the molecule is CCCC(O)CCCCC=CCCCCC(=O)O. The quantitative estimate of drug-likeness (QED) is 0.411. The first-order valence-corrected chi connectivity index (χ1v) is 7.21. The topological polar surface area (TPSA) is 57.5 Å². The van der Waals surface area contributed by atoms with Crippen molar-refractivity contribution in [3.63, 3.8) is 0 Å². The Morgan fingerprint density at radius 3 is 2.22 bits per heavy atom. The number of rotatable bonds is 12. The molecule has 0 amide bonds. The maximum Gasteiger partial charge on any atom is 0.303 e. The van der Waals surface area contributed by atoms with Crippen LogP contribution in [0.3, 0.4) is 0 Å². The summed E-state index contributed by atoms with van der Waals surface area (Å²) in [5, 5.41) is 18.0. The summed E-state index contributed by atoms with van der Waals surface area (Å²) in [7, 11) is 0. The molecule has 0 heterocycles. The molecule has 1 unspecified atom stereocenters. The second kappa shape index (κ2) is 12.6. The van der Waals surface area contributed by atoms with Crippen LogP contribution in [-0.2, 0) is 4.79 Å². The second-order valence-electron chi connectivity index (χ2n) is 4.84. The van der Waals surface area contributed by atoms with Gasteiger partial charge < -0.3 is 10.2 Å². The third kappa shape index (κ3) is 13.2. The van der Waals surface area contributed by atoms with Crippen LogP contribution in [0.15, 0.2) is 12.2 Å². The zero-order valence-corrected chi connectivity index (χ0v) is 11.6. The van der Waals surface area contributed by atoms with Gasteiger partial charge in [0.05, 0.1) is 6.10 Å². The zero-order chi connectivity index (χ0) is 13.6. The largest absolute Gasteiger partial charge is 0.481 e. The number of hydrogen-bond donors (Lipinski definition) is 2. The van der Waals surface area contributed by atoms with Crippen LogP contribution in [0.4, 0.5) is 0 Å². The Hall–Kier alpha value is -0.830. The Labute approximate surface area is 111 Å². The van der Waals surface area contributed by atoms with Crippen molar-refractivity contribution in [3.8, 4) is 0 Å². The molecule has 0 saturated heterocycles. The van der Waals surface area contributed by atoms with Crippen LogP contribution in [0, 0.1) is 0 Å². The Balaban J connectivity index is 3.20. The number of aliphatic hydroxyl groups is 1. The molecular weight excluding hydrogens is 228 g/mol. The number of carboxylic acids is 1. The first kappa shape index (κ1) is 17.2. The number of hydrogen-bond acceptors (Lipinski definition) is 2. The minimum absolute atomic E-state index is 0.116. The van der Waals surface area contributed by atoms with Crippen LogP contribution >= 0.6 is 0 Å². The number of allylic oxidation sites excluding steroid dienone is 2. The summed E-state index contributed by atoms with van der Waals surface area (Å²) < 4.78 is 0. The normalized spacial score (nSPS) is 13.0. The summed E-state index contributed by atoms with van der Waals surface area (Å²) >= 11 is 0. The van der Waals surface area contributed by atoms with Crippen molar-refractivity contribution in [1.29, 1.82) is 0 Å². The molecular formula is C15H28O3. The van der Waals surface area contributed by atoms with E-state index >= 15 is 0 Å². The fraction of sp³-hybridized carbons (Fsp3) is 0.800. The lowest BCUT2D eigenvalue weighted by atomic mass is 10.1. The van der Waals surface area contributed by atoms with Crippen LogP contribution in [0.5, 0.6) is 0 Å². The highest BCUT2D eigenvalue weighted by Crippen LogP contribution is 2.09. The number of aliphatic hydroxyl groups excluding tert-OH is 1. The van der Waals surface area contributed by atoms with Crippen LogP contribution < -0.4 is 0 Å². The molecule has 1 atom stereocenters. The maximum absolute atomic E-state index is 10.3. The maximum atomic E-state index is 10.3. The molecule has 2 N–H and O–H groups in total. The van der Waals surface area contributed by atoms with Gasteiger partial charge in [-0.2, -0.15) is 0 Å². The number of aliphatic carboxylic acids is 1. The highest BCUT2D eigenvalue weighted by molar-refractivity contribution is 5.66. The third-order valence-electron chi connectivity index (χ3n) is 2.96. The van der Waals surface area contributed by atoms with Crippen molar-refractivity contribution in [2.24, 2.45) is 0 Å². The van der Waals surface area contributed by atoms with E-state index in [0.717, 1.165) is 57.8 Å². The lowest BCUT2D eigenvalue weighted by molar-refractivity contribution is -0.137. The van der Waals surface area contributed by atoms with Crippen LogP contribution in [-0.4, -0.2) is 22.3 Å². The molecule has 0 aromatic rings. The van der Waals surface area contributed by atoms with E-state index in [1.54, 1.807) is 0 Å². The van der Waals surface area contributed by atoms with Crippen molar-refractivity contribution < 1.29 is 15.0 Å². The molecule has 0 radical (unpaired) electrons. The molecule has 3 nitrogen and oxygen atoms in total. The monoisotopic (exact) mass is 256 g/mol. The van der Waals surface area contributed by atoms with Crippen molar-refractivity contribution in [3.05, 3.63) is 12.2 Å². The first-order valence-electron chi connectivity index (χ1n) is 7.21. The Kier molecular flexibility index (Phi) is 12.0. The van der Waals surface area contributed by atoms with E-state index in [4.69, 9.17) is 5.11 Å². The summed E-state index contributed by atoms with van der Waals surface area (Å²) in [6, 6.07) is 0. The molecule has 3 heteroatoms. The van der Waals surface area contributed by atoms with Gasteiger partial charge in [0.15, 0.2) is 0 Å². The van der Waals surface area contributed by atoms with E-state index in [1.807, 2.05) is 0 Å². The van der Waals surface area contributed by atoms with Crippen LogP contribution in [0.2, 0.25) is 0 Å². The molecule has 0 aliphatic heterocycles. The van der Waals surface area contributed by atoms with Crippen LogP contribution in [0.25, 0.3) is 0 Å². The summed E-state index contributed by atoms with van der Waals surface area (Å²) in [5.74, 6) is -0.704. The van der Waals surface area contributed by atoms with Gasteiger partial charge in [-0.15, -0.1) is 0 Å². The van der Waals surface area contributed by atoms with Crippen molar-refractivity contribution in [2.75, 3.05) is 0 Å². The van der Waals surface area contributed by atoms with Crippen molar-refractivity contribution >= 4 is 5.97 Å². The fourth-order valence-electron chi connectivity index (χ4n) is 1.89. The van der Waals surface area contributed by atoms with Crippen molar-refractivity contribution in [2.45, 2.75) is 77.2 Å². The molecule has 0 aromatic heterocycles. The molecule has 0 aromatic carbocycles. The molecule has 0 bridgehead atoms. The van der Waals surface area contributed by atoms with E-state index in [2.05, 4.69) is 19.1 Å². The molecule has 0 fully saturated rings. The average Bonchev–Trinajstić information content (AvgIpc) is 2.31. The van der Waals surface area contributed by atoms with Gasteiger partial charge in [-0.05, 0) is 44.9 Å². The highest BCUT2D eigenvalue weighted by atomic mass is 16.4. The van der Waals surface area contributed by atoms with Gasteiger partial charge >= 0.3 is 5.97 Å².